The van der Waals surface area contributed by atoms with E-state index in [1.54, 1.807) is 18.2 Å². The molecule has 112 valence electrons. The van der Waals surface area contributed by atoms with Crippen LogP contribution in [0, 0.1) is 11.6 Å². The van der Waals surface area contributed by atoms with Crippen LogP contribution in [0.5, 0.6) is 5.75 Å². The zero-order valence-corrected chi connectivity index (χ0v) is 12.3. The van der Waals surface area contributed by atoms with Crippen LogP contribution in [-0.4, -0.2) is 6.10 Å². The van der Waals surface area contributed by atoms with Crippen LogP contribution in [0.2, 0.25) is 5.02 Å². The van der Waals surface area contributed by atoms with Gasteiger partial charge in [0.25, 0.3) is 0 Å². The Morgan fingerprint density at radius 1 is 1.24 bits per heavy atom. The summed E-state index contributed by atoms with van der Waals surface area (Å²) in [4.78, 5) is 0. The van der Waals surface area contributed by atoms with Gasteiger partial charge in [0, 0.05) is 6.07 Å². The Labute approximate surface area is 126 Å². The summed E-state index contributed by atoms with van der Waals surface area (Å²) < 4.78 is 32.4. The first-order valence-corrected chi connectivity index (χ1v) is 6.73. The Balaban J connectivity index is 2.36. The molecule has 6 heteroatoms. The summed E-state index contributed by atoms with van der Waals surface area (Å²) in [7, 11) is 0. The smallest absolute Gasteiger partial charge is 0.151 e. The quantitative estimate of drug-likeness (QED) is 0.802. The molecule has 0 aliphatic carbocycles. The van der Waals surface area contributed by atoms with Crippen LogP contribution in [0.3, 0.4) is 0 Å². The molecule has 0 aromatic heterocycles. The number of para-hydroxylation sites is 1. The summed E-state index contributed by atoms with van der Waals surface area (Å²) in [5.74, 6) is -1.06. The molecule has 0 heterocycles. The van der Waals surface area contributed by atoms with Gasteiger partial charge in [0.05, 0.1) is 28.2 Å². The van der Waals surface area contributed by atoms with Crippen LogP contribution in [0.4, 0.5) is 25.8 Å². The zero-order chi connectivity index (χ0) is 15.6. The molecule has 0 unspecified atom stereocenters. The molecule has 0 spiro atoms. The maximum Gasteiger partial charge on any atom is 0.151 e. The molecule has 0 aliphatic heterocycles. The van der Waals surface area contributed by atoms with Gasteiger partial charge in [0.15, 0.2) is 5.82 Å². The molecule has 0 saturated carbocycles. The average Bonchev–Trinajstić information content (AvgIpc) is 2.37. The second-order valence-corrected chi connectivity index (χ2v) is 5.16. The first kappa shape index (κ1) is 15.4. The molecular formula is C15H15ClF2N2O. The molecule has 0 saturated heterocycles. The van der Waals surface area contributed by atoms with Gasteiger partial charge in [0.2, 0.25) is 0 Å². The third-order valence-electron chi connectivity index (χ3n) is 2.70. The number of hydrogen-bond acceptors (Lipinski definition) is 3. The average molecular weight is 313 g/mol. The maximum absolute atomic E-state index is 13.8. The topological polar surface area (TPSA) is 47.3 Å². The van der Waals surface area contributed by atoms with E-state index in [0.29, 0.717) is 17.1 Å². The Morgan fingerprint density at radius 3 is 2.57 bits per heavy atom. The van der Waals surface area contributed by atoms with E-state index in [0.717, 1.165) is 12.1 Å². The predicted molar refractivity (Wildman–Crippen MR) is 81.3 cm³/mol. The van der Waals surface area contributed by atoms with E-state index in [-0.39, 0.29) is 16.8 Å². The van der Waals surface area contributed by atoms with Gasteiger partial charge >= 0.3 is 0 Å². The van der Waals surface area contributed by atoms with E-state index < -0.39 is 11.6 Å². The number of ether oxygens (including phenoxy) is 1. The highest BCUT2D eigenvalue weighted by atomic mass is 35.5. The fourth-order valence-corrected chi connectivity index (χ4v) is 2.05. The van der Waals surface area contributed by atoms with Crippen LogP contribution in [0.1, 0.15) is 13.8 Å². The van der Waals surface area contributed by atoms with Gasteiger partial charge in [-0.15, -0.1) is 0 Å². The first-order valence-electron chi connectivity index (χ1n) is 6.35. The van der Waals surface area contributed by atoms with E-state index in [1.165, 1.54) is 0 Å². The number of nitrogen functional groups attached to an aromatic ring is 1. The lowest BCUT2D eigenvalue weighted by atomic mass is 10.2. The summed E-state index contributed by atoms with van der Waals surface area (Å²) in [5.41, 5.74) is 6.70. The van der Waals surface area contributed by atoms with Crippen LogP contribution in [-0.2, 0) is 0 Å². The van der Waals surface area contributed by atoms with Gasteiger partial charge in [-0.05, 0) is 32.0 Å². The van der Waals surface area contributed by atoms with Gasteiger partial charge in [0.1, 0.15) is 11.6 Å². The van der Waals surface area contributed by atoms with Crippen molar-refractivity contribution in [2.75, 3.05) is 11.1 Å². The minimum absolute atomic E-state index is 0.0357. The third-order valence-corrected chi connectivity index (χ3v) is 2.99. The molecule has 21 heavy (non-hydrogen) atoms. The van der Waals surface area contributed by atoms with E-state index >= 15 is 0 Å². The Morgan fingerprint density at radius 2 is 1.95 bits per heavy atom. The lowest BCUT2D eigenvalue weighted by Gasteiger charge is -2.16. The number of nitrogens with one attached hydrogen (secondary N) is 1. The molecule has 0 atom stereocenters. The van der Waals surface area contributed by atoms with Gasteiger partial charge < -0.3 is 15.8 Å². The number of rotatable bonds is 4. The molecule has 0 bridgehead atoms. The minimum Gasteiger partial charge on any atom is -0.489 e. The highest BCUT2D eigenvalue weighted by molar-refractivity contribution is 6.33. The van der Waals surface area contributed by atoms with E-state index in [2.05, 4.69) is 5.32 Å². The summed E-state index contributed by atoms with van der Waals surface area (Å²) in [6.07, 6.45) is -0.0475. The minimum atomic E-state index is -0.797. The normalized spacial score (nSPS) is 10.8. The molecule has 0 aliphatic rings. The summed E-state index contributed by atoms with van der Waals surface area (Å²) >= 11 is 5.85. The Hall–Kier alpha value is -2.01. The molecule has 3 nitrogen and oxygen atoms in total. The van der Waals surface area contributed by atoms with E-state index in [9.17, 15) is 8.78 Å². The van der Waals surface area contributed by atoms with Crippen molar-refractivity contribution in [1.82, 2.24) is 0 Å². The predicted octanol–water partition coefficient (Wildman–Crippen LogP) is 4.73. The zero-order valence-electron chi connectivity index (χ0n) is 11.6. The van der Waals surface area contributed by atoms with Gasteiger partial charge in [-0.25, -0.2) is 8.78 Å². The van der Waals surface area contributed by atoms with Crippen molar-refractivity contribution in [2.45, 2.75) is 20.0 Å². The SMILES string of the molecule is CC(C)Oc1cccc(Nc2c(F)cc(F)cc2Cl)c1N. The van der Waals surface area contributed by atoms with Gasteiger partial charge in [-0.3, -0.25) is 0 Å². The second kappa shape index (κ2) is 6.18. The van der Waals surface area contributed by atoms with Crippen molar-refractivity contribution < 1.29 is 13.5 Å². The number of halogens is 3. The highest BCUT2D eigenvalue weighted by Gasteiger charge is 2.13. The summed E-state index contributed by atoms with van der Waals surface area (Å²) in [6.45, 7) is 3.74. The monoisotopic (exact) mass is 312 g/mol. The number of benzene rings is 2. The van der Waals surface area contributed by atoms with Crippen molar-refractivity contribution in [3.8, 4) is 5.75 Å². The van der Waals surface area contributed by atoms with Crippen LogP contribution in [0.25, 0.3) is 0 Å². The first-order chi connectivity index (χ1) is 9.88. The van der Waals surface area contributed by atoms with Crippen LogP contribution >= 0.6 is 11.6 Å². The van der Waals surface area contributed by atoms with Gasteiger partial charge in [-0.1, -0.05) is 17.7 Å². The summed E-state index contributed by atoms with van der Waals surface area (Å²) in [5, 5.41) is 2.70. The fraction of sp³-hybridized carbons (Fsp3) is 0.200. The second-order valence-electron chi connectivity index (χ2n) is 4.75. The lowest BCUT2D eigenvalue weighted by Crippen LogP contribution is -2.08. The molecule has 0 fully saturated rings. The van der Waals surface area contributed by atoms with Crippen molar-refractivity contribution in [3.05, 3.63) is 47.0 Å². The third kappa shape index (κ3) is 3.55. The lowest BCUT2D eigenvalue weighted by molar-refractivity contribution is 0.244. The molecule has 0 amide bonds. The standard InChI is InChI=1S/C15H15ClF2N2O/c1-8(2)21-13-5-3-4-12(14(13)19)20-15-10(16)6-9(17)7-11(15)18/h3-8,20H,19H2,1-2H3. The Kier molecular flexibility index (Phi) is 4.53. The fourth-order valence-electron chi connectivity index (χ4n) is 1.81. The number of hydrogen-bond donors (Lipinski definition) is 2. The molecule has 0 radical (unpaired) electrons. The van der Waals surface area contributed by atoms with Crippen molar-refractivity contribution in [2.24, 2.45) is 0 Å². The van der Waals surface area contributed by atoms with E-state index in [4.69, 9.17) is 22.1 Å². The summed E-state index contributed by atoms with van der Waals surface area (Å²) in [6, 6.07) is 6.85. The molecule has 3 N–H and O–H groups in total. The number of nitrogens with two attached hydrogens (primary N) is 1. The maximum atomic E-state index is 13.8. The van der Waals surface area contributed by atoms with Crippen molar-refractivity contribution in [1.29, 1.82) is 0 Å². The largest absolute Gasteiger partial charge is 0.489 e. The van der Waals surface area contributed by atoms with Crippen molar-refractivity contribution in [3.63, 3.8) is 0 Å². The number of anilines is 3. The highest BCUT2D eigenvalue weighted by Crippen LogP contribution is 2.35. The van der Waals surface area contributed by atoms with E-state index in [1.807, 2.05) is 13.8 Å². The molecular weight excluding hydrogens is 298 g/mol. The van der Waals surface area contributed by atoms with Crippen LogP contribution < -0.4 is 15.8 Å². The Bertz CT molecular complexity index is 639. The van der Waals surface area contributed by atoms with Crippen molar-refractivity contribution >= 4 is 28.7 Å². The molecule has 2 aromatic carbocycles. The molecule has 2 rings (SSSR count). The van der Waals surface area contributed by atoms with Crippen LogP contribution in [0.15, 0.2) is 30.3 Å². The van der Waals surface area contributed by atoms with Gasteiger partial charge in [-0.2, -0.15) is 0 Å². The molecule has 2 aromatic rings.